The highest BCUT2D eigenvalue weighted by atomic mass is 16.5. The molecule has 0 radical (unpaired) electrons. The fourth-order valence-corrected chi connectivity index (χ4v) is 3.80. The number of pyridine rings is 1. The van der Waals surface area contributed by atoms with E-state index < -0.39 is 0 Å². The molecule has 0 spiro atoms. The first-order valence-electron chi connectivity index (χ1n) is 10.2. The van der Waals surface area contributed by atoms with Gasteiger partial charge in [-0.1, -0.05) is 13.8 Å². The zero-order valence-corrected chi connectivity index (χ0v) is 18.0. The molecule has 0 aromatic carbocycles. The van der Waals surface area contributed by atoms with Crippen LogP contribution in [0.3, 0.4) is 0 Å². The Kier molecular flexibility index (Phi) is 6.95. The summed E-state index contributed by atoms with van der Waals surface area (Å²) < 4.78 is 5.03. The highest BCUT2D eigenvalue weighted by Gasteiger charge is 2.29. The third-order valence-electron chi connectivity index (χ3n) is 5.34. The Labute approximate surface area is 177 Å². The number of carbonyl (C=O) groups is 1. The molecule has 1 fully saturated rings. The average molecular weight is 409 g/mol. The molecule has 30 heavy (non-hydrogen) atoms. The maximum absolute atomic E-state index is 12.4. The van der Waals surface area contributed by atoms with Crippen molar-refractivity contribution in [2.45, 2.75) is 39.2 Å². The lowest BCUT2D eigenvalue weighted by atomic mass is 9.97. The predicted molar refractivity (Wildman–Crippen MR) is 114 cm³/mol. The van der Waals surface area contributed by atoms with Crippen molar-refractivity contribution in [2.75, 3.05) is 38.3 Å². The number of aromatic nitrogens is 3. The molecule has 0 unspecified atom stereocenters. The van der Waals surface area contributed by atoms with Gasteiger partial charge in [-0.15, -0.1) is 0 Å². The number of carbonyl (C=O) groups excluding carboxylic acids is 1. The van der Waals surface area contributed by atoms with Crippen molar-refractivity contribution in [3.05, 3.63) is 36.0 Å². The first kappa shape index (κ1) is 21.7. The lowest BCUT2D eigenvalue weighted by Crippen LogP contribution is -2.54. The van der Waals surface area contributed by atoms with E-state index in [0.29, 0.717) is 44.0 Å². The Hall–Kier alpha value is -3.05. The molecule has 0 aliphatic carbocycles. The monoisotopic (exact) mass is 408 g/mol. The molecule has 0 saturated carbocycles. The van der Waals surface area contributed by atoms with Crippen LogP contribution in [0.25, 0.3) is 11.1 Å². The van der Waals surface area contributed by atoms with Crippen LogP contribution in [0, 0.1) is 11.3 Å². The number of piperazine rings is 1. The summed E-state index contributed by atoms with van der Waals surface area (Å²) >= 11 is 0. The fourth-order valence-electron chi connectivity index (χ4n) is 3.80. The standard InChI is InChI=1S/C22H28N6O2/c1-15(2)21-19(18-11-24-14-25-12-18)9-17(10-23)22(26-21)27-6-7-28(16(3)13-27)20(29)5-8-30-4/h9,11-12,14-16H,5-8,13H2,1-4H3/t16-/m1/s1. The zero-order chi connectivity index (χ0) is 21.7. The largest absolute Gasteiger partial charge is 0.384 e. The van der Waals surface area contributed by atoms with Crippen molar-refractivity contribution in [3.8, 4) is 17.2 Å². The number of rotatable bonds is 6. The Morgan fingerprint density at radius 3 is 2.67 bits per heavy atom. The average Bonchev–Trinajstić information content (AvgIpc) is 2.76. The molecule has 1 saturated heterocycles. The van der Waals surface area contributed by atoms with Crippen LogP contribution in [0.1, 0.15) is 44.4 Å². The molecule has 0 bridgehead atoms. The first-order valence-corrected chi connectivity index (χ1v) is 10.2. The fraction of sp³-hybridized carbons (Fsp3) is 0.500. The van der Waals surface area contributed by atoms with Crippen molar-refractivity contribution in [2.24, 2.45) is 0 Å². The number of anilines is 1. The summed E-state index contributed by atoms with van der Waals surface area (Å²) in [4.78, 5) is 29.6. The molecular formula is C22H28N6O2. The molecule has 2 aromatic rings. The van der Waals surface area contributed by atoms with Gasteiger partial charge in [-0.3, -0.25) is 4.79 Å². The number of methoxy groups -OCH3 is 1. The lowest BCUT2D eigenvalue weighted by Gasteiger charge is -2.41. The van der Waals surface area contributed by atoms with E-state index in [9.17, 15) is 10.1 Å². The molecular weight excluding hydrogens is 380 g/mol. The van der Waals surface area contributed by atoms with Crippen LogP contribution in [0.15, 0.2) is 24.8 Å². The van der Waals surface area contributed by atoms with Gasteiger partial charge in [0, 0.05) is 56.3 Å². The summed E-state index contributed by atoms with van der Waals surface area (Å²) in [6, 6.07) is 4.22. The summed E-state index contributed by atoms with van der Waals surface area (Å²) in [5.41, 5.74) is 3.15. The van der Waals surface area contributed by atoms with Gasteiger partial charge in [0.1, 0.15) is 18.2 Å². The van der Waals surface area contributed by atoms with Crippen LogP contribution in [-0.4, -0.2) is 65.2 Å². The van der Waals surface area contributed by atoms with E-state index in [0.717, 1.165) is 16.8 Å². The van der Waals surface area contributed by atoms with E-state index in [2.05, 4.69) is 34.8 Å². The maximum atomic E-state index is 12.4. The van der Waals surface area contributed by atoms with Gasteiger partial charge in [0.15, 0.2) is 0 Å². The zero-order valence-electron chi connectivity index (χ0n) is 18.0. The van der Waals surface area contributed by atoms with E-state index >= 15 is 0 Å². The van der Waals surface area contributed by atoms with Crippen LogP contribution in [0.4, 0.5) is 5.82 Å². The summed E-state index contributed by atoms with van der Waals surface area (Å²) in [5, 5.41) is 9.83. The third-order valence-corrected chi connectivity index (χ3v) is 5.34. The second kappa shape index (κ2) is 9.63. The van der Waals surface area contributed by atoms with E-state index in [1.54, 1.807) is 19.5 Å². The Morgan fingerprint density at radius 1 is 1.33 bits per heavy atom. The van der Waals surface area contributed by atoms with E-state index in [1.165, 1.54) is 6.33 Å². The molecule has 1 amide bonds. The summed E-state index contributed by atoms with van der Waals surface area (Å²) in [6.45, 7) is 8.49. The Morgan fingerprint density at radius 2 is 2.07 bits per heavy atom. The number of hydrogen-bond donors (Lipinski definition) is 0. The molecule has 1 atom stereocenters. The molecule has 8 heteroatoms. The van der Waals surface area contributed by atoms with Crippen molar-refractivity contribution in [3.63, 3.8) is 0 Å². The number of nitrogens with zero attached hydrogens (tertiary/aromatic N) is 6. The van der Waals surface area contributed by atoms with Crippen LogP contribution in [-0.2, 0) is 9.53 Å². The van der Waals surface area contributed by atoms with Gasteiger partial charge in [-0.05, 0) is 18.9 Å². The normalized spacial score (nSPS) is 16.6. The maximum Gasteiger partial charge on any atom is 0.225 e. The van der Waals surface area contributed by atoms with Gasteiger partial charge in [0.2, 0.25) is 5.91 Å². The van der Waals surface area contributed by atoms with Crippen molar-refractivity contribution >= 4 is 11.7 Å². The van der Waals surface area contributed by atoms with Gasteiger partial charge < -0.3 is 14.5 Å². The van der Waals surface area contributed by atoms with Crippen LogP contribution in [0.2, 0.25) is 0 Å². The Bertz CT molecular complexity index is 925. The van der Waals surface area contributed by atoms with Crippen molar-refractivity contribution in [1.82, 2.24) is 19.9 Å². The smallest absolute Gasteiger partial charge is 0.225 e. The minimum atomic E-state index is 0.0288. The van der Waals surface area contributed by atoms with Gasteiger partial charge >= 0.3 is 0 Å². The van der Waals surface area contributed by atoms with Crippen LogP contribution < -0.4 is 4.90 Å². The summed E-state index contributed by atoms with van der Waals surface area (Å²) in [6.07, 6.45) is 5.35. The van der Waals surface area contributed by atoms with Gasteiger partial charge in [0.25, 0.3) is 0 Å². The number of amides is 1. The molecule has 158 valence electrons. The van der Waals surface area contributed by atoms with Gasteiger partial charge in [-0.25, -0.2) is 15.0 Å². The first-order chi connectivity index (χ1) is 14.5. The third kappa shape index (κ3) is 4.57. The van der Waals surface area contributed by atoms with Crippen molar-refractivity contribution < 1.29 is 9.53 Å². The summed E-state index contributed by atoms with van der Waals surface area (Å²) in [5.74, 6) is 0.943. The second-order valence-electron chi connectivity index (χ2n) is 7.81. The lowest BCUT2D eigenvalue weighted by molar-refractivity contribution is -0.134. The topological polar surface area (TPSA) is 95.2 Å². The molecule has 3 rings (SSSR count). The minimum Gasteiger partial charge on any atom is -0.384 e. The number of nitriles is 1. The predicted octanol–water partition coefficient (Wildman–Crippen LogP) is 2.61. The van der Waals surface area contributed by atoms with Crippen LogP contribution >= 0.6 is 0 Å². The molecule has 1 aliphatic heterocycles. The van der Waals surface area contributed by atoms with Crippen LogP contribution in [0.5, 0.6) is 0 Å². The summed E-state index contributed by atoms with van der Waals surface area (Å²) in [7, 11) is 1.60. The number of hydrogen-bond acceptors (Lipinski definition) is 7. The molecule has 3 heterocycles. The van der Waals surface area contributed by atoms with Gasteiger partial charge in [0.05, 0.1) is 24.3 Å². The Balaban J connectivity index is 1.91. The van der Waals surface area contributed by atoms with Gasteiger partial charge in [-0.2, -0.15) is 5.26 Å². The van der Waals surface area contributed by atoms with E-state index in [-0.39, 0.29) is 17.9 Å². The quantitative estimate of drug-likeness (QED) is 0.725. The molecule has 0 N–H and O–H groups in total. The van der Waals surface area contributed by atoms with E-state index in [4.69, 9.17) is 9.72 Å². The SMILES string of the molecule is COCCC(=O)N1CCN(c2nc(C(C)C)c(-c3cncnc3)cc2C#N)C[C@H]1C. The van der Waals surface area contributed by atoms with E-state index in [1.807, 2.05) is 17.9 Å². The highest BCUT2D eigenvalue weighted by Crippen LogP contribution is 2.32. The highest BCUT2D eigenvalue weighted by molar-refractivity contribution is 5.77. The molecule has 8 nitrogen and oxygen atoms in total. The minimum absolute atomic E-state index is 0.0288. The number of ether oxygens (including phenoxy) is 1. The molecule has 1 aliphatic rings. The second-order valence-corrected chi connectivity index (χ2v) is 7.81. The van der Waals surface area contributed by atoms with Crippen molar-refractivity contribution in [1.29, 1.82) is 5.26 Å². The molecule has 2 aromatic heterocycles.